The summed E-state index contributed by atoms with van der Waals surface area (Å²) in [6.45, 7) is 6.37. The summed E-state index contributed by atoms with van der Waals surface area (Å²) in [5.74, 6) is -0.930. The first kappa shape index (κ1) is 76.3. The van der Waals surface area contributed by atoms with E-state index in [-0.39, 0.29) is 31.1 Å². The van der Waals surface area contributed by atoms with Gasteiger partial charge in [0.2, 0.25) is 0 Å². The predicted molar refractivity (Wildman–Crippen MR) is 352 cm³/mol. The van der Waals surface area contributed by atoms with Crippen molar-refractivity contribution in [2.75, 3.05) is 13.2 Å². The lowest BCUT2D eigenvalue weighted by Gasteiger charge is -2.18. The van der Waals surface area contributed by atoms with Crippen LogP contribution in [-0.4, -0.2) is 37.2 Å². The molecule has 0 aliphatic rings. The molecule has 0 bridgehead atoms. The summed E-state index contributed by atoms with van der Waals surface area (Å²) in [5, 5.41) is 0. The van der Waals surface area contributed by atoms with E-state index in [2.05, 4.69) is 167 Å². The number of ether oxygens (including phenoxy) is 3. The summed E-state index contributed by atoms with van der Waals surface area (Å²) >= 11 is 0. The molecule has 0 aromatic rings. The Kier molecular flexibility index (Phi) is 63.9. The largest absolute Gasteiger partial charge is 0.462 e. The van der Waals surface area contributed by atoms with E-state index in [1.54, 1.807) is 0 Å². The van der Waals surface area contributed by atoms with Gasteiger partial charge in [-0.15, -0.1) is 0 Å². The van der Waals surface area contributed by atoms with Gasteiger partial charge in [-0.25, -0.2) is 0 Å². The Labute approximate surface area is 499 Å². The lowest BCUT2D eigenvalue weighted by Crippen LogP contribution is -2.30. The third-order valence-corrected chi connectivity index (χ3v) is 13.8. The molecule has 0 aliphatic carbocycles. The van der Waals surface area contributed by atoms with Crippen LogP contribution in [-0.2, 0) is 28.6 Å². The van der Waals surface area contributed by atoms with Gasteiger partial charge in [-0.05, 0) is 141 Å². The minimum absolute atomic E-state index is 0.0967. The monoisotopic (exact) mass is 1120 g/mol. The molecule has 0 fully saturated rings. The molecule has 0 amide bonds. The molecule has 0 saturated carbocycles. The van der Waals surface area contributed by atoms with Gasteiger partial charge in [0, 0.05) is 19.3 Å². The highest BCUT2D eigenvalue weighted by Crippen LogP contribution is 2.15. The minimum Gasteiger partial charge on any atom is -0.462 e. The zero-order valence-corrected chi connectivity index (χ0v) is 52.5. The smallest absolute Gasteiger partial charge is 0.306 e. The average Bonchev–Trinajstić information content (AvgIpc) is 3.47. The second-order valence-electron chi connectivity index (χ2n) is 21.6. The molecular weight excluding hydrogens is 997 g/mol. The van der Waals surface area contributed by atoms with Crippen molar-refractivity contribution < 1.29 is 28.6 Å². The van der Waals surface area contributed by atoms with Gasteiger partial charge in [-0.1, -0.05) is 276 Å². The summed E-state index contributed by atoms with van der Waals surface area (Å²) in [5.41, 5.74) is 0. The third kappa shape index (κ3) is 66.0. The van der Waals surface area contributed by atoms with Gasteiger partial charge >= 0.3 is 17.9 Å². The van der Waals surface area contributed by atoms with Crippen LogP contribution in [0.3, 0.4) is 0 Å². The zero-order chi connectivity index (χ0) is 58.5. The third-order valence-electron chi connectivity index (χ3n) is 13.8. The highest BCUT2D eigenvalue weighted by atomic mass is 16.6. The topological polar surface area (TPSA) is 78.9 Å². The van der Waals surface area contributed by atoms with Crippen molar-refractivity contribution in [3.05, 3.63) is 146 Å². The number of allylic oxidation sites excluding steroid dienone is 24. The van der Waals surface area contributed by atoms with Crippen LogP contribution in [0.15, 0.2) is 146 Å². The maximum absolute atomic E-state index is 12.9. The summed E-state index contributed by atoms with van der Waals surface area (Å²) in [7, 11) is 0. The normalized spacial score (nSPS) is 13.1. The van der Waals surface area contributed by atoms with Crippen molar-refractivity contribution in [3.8, 4) is 0 Å². The van der Waals surface area contributed by atoms with Crippen LogP contribution in [0.2, 0.25) is 0 Å². The second-order valence-corrected chi connectivity index (χ2v) is 21.6. The van der Waals surface area contributed by atoms with Gasteiger partial charge in [0.25, 0.3) is 0 Å². The van der Waals surface area contributed by atoms with Crippen molar-refractivity contribution in [1.29, 1.82) is 0 Å². The van der Waals surface area contributed by atoms with Crippen molar-refractivity contribution >= 4 is 17.9 Å². The van der Waals surface area contributed by atoms with Gasteiger partial charge < -0.3 is 14.2 Å². The van der Waals surface area contributed by atoms with Gasteiger partial charge in [0.15, 0.2) is 6.10 Å². The van der Waals surface area contributed by atoms with E-state index in [1.165, 1.54) is 103 Å². The van der Waals surface area contributed by atoms with Crippen LogP contribution in [0.25, 0.3) is 0 Å². The number of carbonyl (C=O) groups excluding carboxylic acids is 3. The first-order valence-electron chi connectivity index (χ1n) is 33.3. The molecule has 1 unspecified atom stereocenters. The summed E-state index contributed by atoms with van der Waals surface area (Å²) in [6, 6.07) is 0. The molecule has 6 heteroatoms. The molecule has 0 heterocycles. The maximum Gasteiger partial charge on any atom is 0.306 e. The lowest BCUT2D eigenvalue weighted by molar-refractivity contribution is -0.167. The molecule has 0 aromatic carbocycles. The predicted octanol–water partition coefficient (Wildman–Crippen LogP) is 23.1. The molecule has 0 spiro atoms. The Morgan fingerprint density at radius 3 is 0.753 bits per heavy atom. The highest BCUT2D eigenvalue weighted by Gasteiger charge is 2.19. The number of esters is 3. The van der Waals surface area contributed by atoms with Crippen molar-refractivity contribution in [2.24, 2.45) is 0 Å². The van der Waals surface area contributed by atoms with E-state index in [1.807, 2.05) is 0 Å². The molecule has 0 aromatic heterocycles. The maximum atomic E-state index is 12.9. The van der Waals surface area contributed by atoms with E-state index in [0.29, 0.717) is 19.3 Å². The van der Waals surface area contributed by atoms with Crippen LogP contribution in [0.1, 0.15) is 290 Å². The van der Waals surface area contributed by atoms with Gasteiger partial charge in [-0.2, -0.15) is 0 Å². The van der Waals surface area contributed by atoms with Crippen LogP contribution in [0.4, 0.5) is 0 Å². The van der Waals surface area contributed by atoms with Gasteiger partial charge in [-0.3, -0.25) is 14.4 Å². The quantitative estimate of drug-likeness (QED) is 0.0261. The van der Waals surface area contributed by atoms with Crippen LogP contribution < -0.4 is 0 Å². The summed E-state index contributed by atoms with van der Waals surface area (Å²) in [4.78, 5) is 38.4. The fourth-order valence-corrected chi connectivity index (χ4v) is 8.88. The average molecular weight is 1120 g/mol. The number of hydrogen-bond acceptors (Lipinski definition) is 6. The van der Waals surface area contributed by atoms with Crippen molar-refractivity contribution in [2.45, 2.75) is 297 Å². The van der Waals surface area contributed by atoms with Gasteiger partial charge in [0.1, 0.15) is 13.2 Å². The van der Waals surface area contributed by atoms with E-state index < -0.39 is 6.10 Å². The van der Waals surface area contributed by atoms with E-state index in [4.69, 9.17) is 14.2 Å². The molecule has 458 valence electrons. The number of hydrogen-bond donors (Lipinski definition) is 0. The molecule has 0 radical (unpaired) electrons. The Balaban J connectivity index is 4.43. The zero-order valence-electron chi connectivity index (χ0n) is 52.5. The van der Waals surface area contributed by atoms with Crippen molar-refractivity contribution in [1.82, 2.24) is 0 Å². The molecule has 1 atom stereocenters. The lowest BCUT2D eigenvalue weighted by atomic mass is 10.1. The van der Waals surface area contributed by atoms with E-state index in [9.17, 15) is 14.4 Å². The van der Waals surface area contributed by atoms with Crippen LogP contribution in [0.5, 0.6) is 0 Å². The van der Waals surface area contributed by atoms with E-state index in [0.717, 1.165) is 148 Å². The Hall–Kier alpha value is -4.71. The van der Waals surface area contributed by atoms with Crippen molar-refractivity contribution in [3.63, 3.8) is 0 Å². The first-order chi connectivity index (χ1) is 40.0. The minimum atomic E-state index is -0.802. The number of rotatable bonds is 59. The molecule has 0 aliphatic heterocycles. The molecule has 0 N–H and O–H groups in total. The summed E-state index contributed by atoms with van der Waals surface area (Å²) < 4.78 is 16.9. The number of carbonyl (C=O) groups is 3. The van der Waals surface area contributed by atoms with Crippen LogP contribution in [0, 0.1) is 0 Å². The van der Waals surface area contributed by atoms with E-state index >= 15 is 0 Å². The molecule has 6 nitrogen and oxygen atoms in total. The van der Waals surface area contributed by atoms with Crippen LogP contribution >= 0.6 is 0 Å². The fraction of sp³-hybridized carbons (Fsp3) is 0.640. The fourth-order valence-electron chi connectivity index (χ4n) is 8.88. The Morgan fingerprint density at radius 1 is 0.259 bits per heavy atom. The Morgan fingerprint density at radius 2 is 0.481 bits per heavy atom. The van der Waals surface area contributed by atoms with Gasteiger partial charge in [0.05, 0.1) is 0 Å². The second kappa shape index (κ2) is 67.8. The molecular formula is C75H122O6. The highest BCUT2D eigenvalue weighted by molar-refractivity contribution is 5.71. The molecule has 0 saturated heterocycles. The molecule has 0 rings (SSSR count). The number of unbranched alkanes of at least 4 members (excludes halogenated alkanes) is 24. The SMILES string of the molecule is CC/C=C\C/C=C\C/C=C\C/C=C\C/C=C\C/C=C\CCCCCCCCCCC(=O)OCC(COC(=O)CCCCCC/C=C\C/C=C\C/C=C\C/C=C\CC)OC(=O)CCCCCCCCCCC/C=C\C/C=C\CCCCC. The standard InChI is InChI=1S/C75H122O6/c1-4-7-10-13-16-19-22-25-28-31-33-34-35-36-37-38-39-40-42-44-47-50-53-56-59-62-65-68-74(77)80-71-72(70-79-73(76)67-64-61-58-55-52-49-46-43-30-27-24-21-18-15-12-9-6-3)81-75(78)69-66-63-60-57-54-51-48-45-41-32-29-26-23-20-17-14-11-8-5-2/h7,9-10,12,16-21,25-30,33-34,36-37,39-40,46,49,72H,4-6,8,11,13-15,22-24,31-32,35,38,41-45,47-48,50-71H2,1-3H3/b10-7-,12-9-,19-16-,20-17-,21-18-,28-25-,29-26-,30-27-,34-33-,37-36-,40-39-,49-46-. The Bertz CT molecular complexity index is 1760. The first-order valence-corrected chi connectivity index (χ1v) is 33.3. The molecule has 81 heavy (non-hydrogen) atoms. The summed E-state index contributed by atoms with van der Waals surface area (Å²) in [6.07, 6.45) is 97.0.